The molecule has 0 aliphatic carbocycles. The van der Waals surface area contributed by atoms with Crippen molar-refractivity contribution in [1.29, 1.82) is 0 Å². The molecule has 0 saturated carbocycles. The van der Waals surface area contributed by atoms with E-state index in [1.807, 2.05) is 38.1 Å². The van der Waals surface area contributed by atoms with Crippen LogP contribution in [-0.2, 0) is 4.79 Å². The van der Waals surface area contributed by atoms with E-state index in [0.29, 0.717) is 12.5 Å². The maximum Gasteiger partial charge on any atom is 0.325 e. The minimum Gasteiger partial charge on any atom is -0.480 e. The molecule has 0 saturated heterocycles. The molecule has 0 aromatic heterocycles. The molecule has 0 radical (unpaired) electrons. The normalized spacial score (nSPS) is 12.8. The highest BCUT2D eigenvalue weighted by Gasteiger charge is 2.18. The number of nitrogens with one attached hydrogen (secondary N) is 1. The first-order chi connectivity index (χ1) is 7.50. The van der Waals surface area contributed by atoms with Crippen molar-refractivity contribution in [3.05, 3.63) is 34.3 Å². The molecule has 2 N–H and O–H groups in total. The van der Waals surface area contributed by atoms with Gasteiger partial charge in [-0.3, -0.25) is 4.79 Å². The van der Waals surface area contributed by atoms with Crippen LogP contribution in [0.4, 0.5) is 0 Å². The summed E-state index contributed by atoms with van der Waals surface area (Å²) < 4.78 is 0.948. The quantitative estimate of drug-likeness (QED) is 0.875. The smallest absolute Gasteiger partial charge is 0.325 e. The number of rotatable bonds is 5. The summed E-state index contributed by atoms with van der Waals surface area (Å²) in [4.78, 5) is 11.1. The molecule has 0 spiro atoms. The zero-order valence-corrected chi connectivity index (χ0v) is 11.0. The van der Waals surface area contributed by atoms with E-state index in [1.54, 1.807) is 0 Å². The van der Waals surface area contributed by atoms with Crippen LogP contribution in [0.3, 0.4) is 0 Å². The predicted octanol–water partition coefficient (Wildman–Crippen LogP) is 2.82. The van der Waals surface area contributed by atoms with Gasteiger partial charge in [-0.05, 0) is 30.2 Å². The van der Waals surface area contributed by atoms with Gasteiger partial charge in [-0.2, -0.15) is 0 Å². The summed E-state index contributed by atoms with van der Waals surface area (Å²) in [5.41, 5.74) is 0.774. The van der Waals surface area contributed by atoms with Crippen LogP contribution >= 0.6 is 15.9 Å². The second-order valence-electron chi connectivity index (χ2n) is 4.12. The minimum atomic E-state index is -0.844. The van der Waals surface area contributed by atoms with Gasteiger partial charge in [-0.1, -0.05) is 41.9 Å². The lowest BCUT2D eigenvalue weighted by Crippen LogP contribution is -2.31. The van der Waals surface area contributed by atoms with Crippen LogP contribution in [-0.4, -0.2) is 17.6 Å². The Bertz CT molecular complexity index is 349. The van der Waals surface area contributed by atoms with Crippen molar-refractivity contribution in [1.82, 2.24) is 5.32 Å². The van der Waals surface area contributed by atoms with Gasteiger partial charge in [0.15, 0.2) is 0 Å². The second kappa shape index (κ2) is 6.01. The molecular formula is C12H16BrNO2. The summed E-state index contributed by atoms with van der Waals surface area (Å²) in [6, 6.07) is 6.70. The molecule has 88 valence electrons. The van der Waals surface area contributed by atoms with Gasteiger partial charge in [0.05, 0.1) is 0 Å². The molecule has 0 aliphatic rings. The highest BCUT2D eigenvalue weighted by Crippen LogP contribution is 2.17. The van der Waals surface area contributed by atoms with E-state index >= 15 is 0 Å². The van der Waals surface area contributed by atoms with Crippen molar-refractivity contribution in [3.8, 4) is 0 Å². The van der Waals surface area contributed by atoms with Gasteiger partial charge in [-0.15, -0.1) is 0 Å². The SMILES string of the molecule is CC(C)CNC(C(=O)O)c1ccc(Br)cc1. The molecule has 1 atom stereocenters. The number of benzene rings is 1. The van der Waals surface area contributed by atoms with Gasteiger partial charge in [0.2, 0.25) is 0 Å². The summed E-state index contributed by atoms with van der Waals surface area (Å²) in [5, 5.41) is 12.2. The summed E-state index contributed by atoms with van der Waals surface area (Å²) in [6.07, 6.45) is 0. The first-order valence-electron chi connectivity index (χ1n) is 5.22. The largest absolute Gasteiger partial charge is 0.480 e. The zero-order valence-electron chi connectivity index (χ0n) is 9.40. The second-order valence-corrected chi connectivity index (χ2v) is 5.04. The van der Waals surface area contributed by atoms with Crippen LogP contribution in [0.25, 0.3) is 0 Å². The van der Waals surface area contributed by atoms with Crippen molar-refractivity contribution in [3.63, 3.8) is 0 Å². The van der Waals surface area contributed by atoms with Gasteiger partial charge in [-0.25, -0.2) is 0 Å². The lowest BCUT2D eigenvalue weighted by atomic mass is 10.1. The summed E-state index contributed by atoms with van der Waals surface area (Å²) in [6.45, 7) is 4.79. The van der Waals surface area contributed by atoms with Crippen molar-refractivity contribution < 1.29 is 9.90 Å². The molecule has 1 unspecified atom stereocenters. The molecule has 0 fully saturated rings. The van der Waals surface area contributed by atoms with Crippen molar-refractivity contribution >= 4 is 21.9 Å². The molecule has 16 heavy (non-hydrogen) atoms. The Morgan fingerprint density at radius 3 is 2.38 bits per heavy atom. The van der Waals surface area contributed by atoms with E-state index < -0.39 is 12.0 Å². The van der Waals surface area contributed by atoms with Gasteiger partial charge in [0, 0.05) is 4.47 Å². The summed E-state index contributed by atoms with van der Waals surface area (Å²) in [5.74, 6) is -0.416. The fourth-order valence-corrected chi connectivity index (χ4v) is 1.62. The fourth-order valence-electron chi connectivity index (χ4n) is 1.36. The Balaban J connectivity index is 2.77. The number of aliphatic carboxylic acids is 1. The number of carboxylic acid groups (broad SMARTS) is 1. The summed E-state index contributed by atoms with van der Waals surface area (Å²) in [7, 11) is 0. The fraction of sp³-hybridized carbons (Fsp3) is 0.417. The monoisotopic (exact) mass is 285 g/mol. The average Bonchev–Trinajstić information content (AvgIpc) is 2.20. The van der Waals surface area contributed by atoms with E-state index in [0.717, 1.165) is 10.0 Å². The molecule has 0 heterocycles. The van der Waals surface area contributed by atoms with Crippen LogP contribution in [0.5, 0.6) is 0 Å². The number of carbonyl (C=O) groups is 1. The molecule has 3 nitrogen and oxygen atoms in total. The molecule has 0 bridgehead atoms. The van der Waals surface area contributed by atoms with E-state index in [1.165, 1.54) is 0 Å². The van der Waals surface area contributed by atoms with E-state index in [9.17, 15) is 4.79 Å². The Labute approximate surface area is 104 Å². The highest BCUT2D eigenvalue weighted by molar-refractivity contribution is 9.10. The molecule has 1 rings (SSSR count). The minimum absolute atomic E-state index is 0.428. The third-order valence-corrected chi connectivity index (χ3v) is 2.71. The van der Waals surface area contributed by atoms with Crippen molar-refractivity contribution in [2.75, 3.05) is 6.54 Å². The van der Waals surface area contributed by atoms with Gasteiger partial charge in [0.25, 0.3) is 0 Å². The zero-order chi connectivity index (χ0) is 12.1. The molecule has 1 aromatic carbocycles. The van der Waals surface area contributed by atoms with Crippen LogP contribution in [0.2, 0.25) is 0 Å². The number of hydrogen-bond donors (Lipinski definition) is 2. The van der Waals surface area contributed by atoms with Crippen LogP contribution in [0.1, 0.15) is 25.5 Å². The maximum absolute atomic E-state index is 11.1. The first-order valence-corrected chi connectivity index (χ1v) is 6.01. The summed E-state index contributed by atoms with van der Waals surface area (Å²) >= 11 is 3.33. The van der Waals surface area contributed by atoms with Gasteiger partial charge < -0.3 is 10.4 Å². The molecule has 4 heteroatoms. The standard InChI is InChI=1S/C12H16BrNO2/c1-8(2)7-14-11(12(15)16)9-3-5-10(13)6-4-9/h3-6,8,11,14H,7H2,1-2H3,(H,15,16). The Morgan fingerprint density at radius 1 is 1.38 bits per heavy atom. The van der Waals surface area contributed by atoms with Crippen molar-refractivity contribution in [2.24, 2.45) is 5.92 Å². The van der Waals surface area contributed by atoms with Crippen molar-refractivity contribution in [2.45, 2.75) is 19.9 Å². The van der Waals surface area contributed by atoms with E-state index in [4.69, 9.17) is 5.11 Å². The number of hydrogen-bond acceptors (Lipinski definition) is 2. The third kappa shape index (κ3) is 3.94. The number of halogens is 1. The number of carboxylic acids is 1. The highest BCUT2D eigenvalue weighted by atomic mass is 79.9. The lowest BCUT2D eigenvalue weighted by Gasteiger charge is -2.16. The van der Waals surface area contributed by atoms with Crippen LogP contribution in [0, 0.1) is 5.92 Å². The third-order valence-electron chi connectivity index (χ3n) is 2.18. The molecule has 0 aliphatic heterocycles. The maximum atomic E-state index is 11.1. The van der Waals surface area contributed by atoms with E-state index in [2.05, 4.69) is 21.2 Å². The van der Waals surface area contributed by atoms with Gasteiger partial charge in [0.1, 0.15) is 6.04 Å². The van der Waals surface area contributed by atoms with Crippen LogP contribution < -0.4 is 5.32 Å². The first kappa shape index (κ1) is 13.2. The van der Waals surface area contributed by atoms with Crippen LogP contribution in [0.15, 0.2) is 28.7 Å². The lowest BCUT2D eigenvalue weighted by molar-refractivity contribution is -0.139. The van der Waals surface area contributed by atoms with E-state index in [-0.39, 0.29) is 0 Å². The topological polar surface area (TPSA) is 49.3 Å². The Hall–Kier alpha value is -0.870. The predicted molar refractivity (Wildman–Crippen MR) is 67.4 cm³/mol. The van der Waals surface area contributed by atoms with Gasteiger partial charge >= 0.3 is 5.97 Å². The molecular weight excluding hydrogens is 270 g/mol. The Kier molecular flexibility index (Phi) is 4.96. The molecule has 0 amide bonds. The molecule has 1 aromatic rings. The Morgan fingerprint density at radius 2 is 1.94 bits per heavy atom. The average molecular weight is 286 g/mol.